The third-order valence-electron chi connectivity index (χ3n) is 7.73. The largest absolute Gasteiger partial charge is 0.393 e. The SMILES string of the molecule is O=c1[nH]ccc2nc(-c3ccc(CN4CCCCC4)cc3F)cc(Nc3ccc(N4CCC(O)CC4)cn3)c12. The maximum atomic E-state index is 15.4. The van der Waals surface area contributed by atoms with E-state index in [0.717, 1.165) is 56.8 Å². The lowest BCUT2D eigenvalue weighted by atomic mass is 10.0. The van der Waals surface area contributed by atoms with E-state index in [-0.39, 0.29) is 17.5 Å². The summed E-state index contributed by atoms with van der Waals surface area (Å²) in [6.07, 6.45) is 8.22. The summed E-state index contributed by atoms with van der Waals surface area (Å²) in [7, 11) is 0. The lowest BCUT2D eigenvalue weighted by molar-refractivity contribution is 0.145. The molecule has 3 N–H and O–H groups in total. The predicted octanol–water partition coefficient (Wildman–Crippen LogP) is 4.81. The van der Waals surface area contributed by atoms with Crippen LogP contribution in [0.2, 0.25) is 0 Å². The molecule has 1 aromatic carbocycles. The predicted molar refractivity (Wildman–Crippen MR) is 152 cm³/mol. The van der Waals surface area contributed by atoms with Crippen LogP contribution < -0.4 is 15.8 Å². The Morgan fingerprint density at radius 2 is 1.85 bits per heavy atom. The molecule has 3 aromatic heterocycles. The monoisotopic (exact) mass is 528 g/mol. The average molecular weight is 529 g/mol. The maximum absolute atomic E-state index is 15.4. The molecule has 0 atom stereocenters. The summed E-state index contributed by atoms with van der Waals surface area (Å²) in [5, 5.41) is 13.4. The number of H-pyrrole nitrogens is 1. The smallest absolute Gasteiger partial charge is 0.259 e. The van der Waals surface area contributed by atoms with Gasteiger partial charge in [0.1, 0.15) is 11.6 Å². The van der Waals surface area contributed by atoms with Gasteiger partial charge in [0.2, 0.25) is 0 Å². The summed E-state index contributed by atoms with van der Waals surface area (Å²) in [5.74, 6) is 0.233. The number of nitrogens with zero attached hydrogens (tertiary/aromatic N) is 4. The van der Waals surface area contributed by atoms with Gasteiger partial charge in [-0.15, -0.1) is 0 Å². The lowest BCUT2D eigenvalue weighted by Crippen LogP contribution is -2.35. The van der Waals surface area contributed by atoms with E-state index >= 15 is 4.39 Å². The molecule has 4 aromatic rings. The van der Waals surface area contributed by atoms with Crippen molar-refractivity contribution in [3.63, 3.8) is 0 Å². The van der Waals surface area contributed by atoms with Gasteiger partial charge in [0.15, 0.2) is 0 Å². The number of anilines is 3. The van der Waals surface area contributed by atoms with E-state index in [2.05, 4.69) is 30.1 Å². The number of hydrogen-bond acceptors (Lipinski definition) is 7. The van der Waals surface area contributed by atoms with E-state index in [9.17, 15) is 9.90 Å². The molecular formula is C30H33FN6O2. The summed E-state index contributed by atoms with van der Waals surface area (Å²) in [6.45, 7) is 4.41. The number of fused-ring (bicyclic) bond motifs is 1. The number of piperidine rings is 2. The molecule has 0 saturated carbocycles. The highest BCUT2D eigenvalue weighted by molar-refractivity contribution is 5.94. The zero-order valence-electron chi connectivity index (χ0n) is 21.9. The topological polar surface area (TPSA) is 97.4 Å². The van der Waals surface area contributed by atoms with Crippen molar-refractivity contribution in [2.24, 2.45) is 0 Å². The maximum Gasteiger partial charge on any atom is 0.259 e. The molecule has 2 aliphatic rings. The van der Waals surface area contributed by atoms with E-state index in [0.29, 0.717) is 33.7 Å². The van der Waals surface area contributed by atoms with Crippen LogP contribution in [-0.4, -0.2) is 57.2 Å². The molecule has 0 radical (unpaired) electrons. The Balaban J connectivity index is 1.29. The van der Waals surface area contributed by atoms with Gasteiger partial charge in [-0.1, -0.05) is 12.5 Å². The zero-order chi connectivity index (χ0) is 26.8. The van der Waals surface area contributed by atoms with E-state index in [1.54, 1.807) is 36.7 Å². The van der Waals surface area contributed by atoms with E-state index < -0.39 is 0 Å². The molecule has 0 bridgehead atoms. The highest BCUT2D eigenvalue weighted by atomic mass is 19.1. The first kappa shape index (κ1) is 25.5. The Morgan fingerprint density at radius 1 is 1.03 bits per heavy atom. The van der Waals surface area contributed by atoms with Crippen molar-refractivity contribution in [3.05, 3.63) is 76.6 Å². The third kappa shape index (κ3) is 5.65. The van der Waals surface area contributed by atoms with E-state index in [1.165, 1.54) is 19.3 Å². The molecule has 2 fully saturated rings. The van der Waals surface area contributed by atoms with Crippen LogP contribution in [0.25, 0.3) is 22.2 Å². The molecule has 9 heteroatoms. The van der Waals surface area contributed by atoms with E-state index in [1.807, 2.05) is 18.2 Å². The molecular weight excluding hydrogens is 495 g/mol. The molecule has 0 unspecified atom stereocenters. The van der Waals surface area contributed by atoms with Gasteiger partial charge in [0.25, 0.3) is 5.56 Å². The number of benzene rings is 1. The third-order valence-corrected chi connectivity index (χ3v) is 7.73. The van der Waals surface area contributed by atoms with Crippen LogP contribution in [0, 0.1) is 5.82 Å². The van der Waals surface area contributed by atoms with Crippen molar-refractivity contribution in [1.82, 2.24) is 19.9 Å². The van der Waals surface area contributed by atoms with Crippen LogP contribution in [-0.2, 0) is 6.54 Å². The molecule has 0 spiro atoms. The number of rotatable bonds is 6. The van der Waals surface area contributed by atoms with Crippen LogP contribution in [0.4, 0.5) is 21.6 Å². The standard InChI is InChI=1S/C30H33FN6O2/c31-24-16-20(19-36-12-2-1-3-13-36)4-6-23(24)26-17-27(29-25(34-26)8-11-32-30(29)39)35-28-7-5-21(18-33-28)37-14-9-22(38)10-15-37/h4-8,11,16-18,22,38H,1-3,9-10,12-15,19H2,(H,32,39)(H,33,34,35). The fourth-order valence-electron chi connectivity index (χ4n) is 5.58. The zero-order valence-corrected chi connectivity index (χ0v) is 21.9. The number of pyridine rings is 3. The van der Waals surface area contributed by atoms with Crippen molar-refractivity contribution in [3.8, 4) is 11.3 Å². The van der Waals surface area contributed by atoms with Crippen molar-refractivity contribution in [2.45, 2.75) is 44.8 Å². The van der Waals surface area contributed by atoms with E-state index in [4.69, 9.17) is 0 Å². The van der Waals surface area contributed by atoms with Crippen LogP contribution in [0.15, 0.2) is 59.7 Å². The van der Waals surface area contributed by atoms with Gasteiger partial charge >= 0.3 is 0 Å². The number of aromatic nitrogens is 3. The Morgan fingerprint density at radius 3 is 2.59 bits per heavy atom. The number of aliphatic hydroxyl groups excluding tert-OH is 1. The van der Waals surface area contributed by atoms with Crippen LogP contribution >= 0.6 is 0 Å². The van der Waals surface area contributed by atoms with Crippen LogP contribution in [0.1, 0.15) is 37.7 Å². The number of aliphatic hydroxyl groups is 1. The number of halogens is 1. The fourth-order valence-corrected chi connectivity index (χ4v) is 5.58. The number of aromatic amines is 1. The summed E-state index contributed by atoms with van der Waals surface area (Å²) < 4.78 is 15.4. The summed E-state index contributed by atoms with van der Waals surface area (Å²) >= 11 is 0. The molecule has 8 nitrogen and oxygen atoms in total. The summed E-state index contributed by atoms with van der Waals surface area (Å²) in [4.78, 5) is 29.2. The van der Waals surface area contributed by atoms with Gasteiger partial charge in [-0.25, -0.2) is 14.4 Å². The highest BCUT2D eigenvalue weighted by Crippen LogP contribution is 2.31. The normalized spacial score (nSPS) is 17.0. The first-order valence-electron chi connectivity index (χ1n) is 13.7. The second-order valence-electron chi connectivity index (χ2n) is 10.5. The minimum absolute atomic E-state index is 0.238. The van der Waals surface area contributed by atoms with Crippen molar-refractivity contribution >= 4 is 28.1 Å². The van der Waals surface area contributed by atoms with Gasteiger partial charge in [0.05, 0.1) is 40.3 Å². The fraction of sp³-hybridized carbons (Fsp3) is 0.367. The highest BCUT2D eigenvalue weighted by Gasteiger charge is 2.19. The summed E-state index contributed by atoms with van der Waals surface area (Å²) in [6, 6.07) is 12.6. The Hall–Kier alpha value is -3.82. The molecule has 39 heavy (non-hydrogen) atoms. The second kappa shape index (κ2) is 11.1. The molecule has 5 heterocycles. The average Bonchev–Trinajstić information content (AvgIpc) is 2.94. The van der Waals surface area contributed by atoms with Gasteiger partial charge < -0.3 is 20.3 Å². The molecule has 6 rings (SSSR count). The van der Waals surface area contributed by atoms with Crippen LogP contribution in [0.3, 0.4) is 0 Å². The Labute approximate surface area is 226 Å². The van der Waals surface area contributed by atoms with Gasteiger partial charge in [-0.2, -0.15) is 0 Å². The van der Waals surface area contributed by atoms with Gasteiger partial charge in [-0.05, 0) is 80.7 Å². The second-order valence-corrected chi connectivity index (χ2v) is 10.5. The molecule has 2 saturated heterocycles. The van der Waals surface area contributed by atoms with Crippen LogP contribution in [0.5, 0.6) is 0 Å². The van der Waals surface area contributed by atoms with Crippen molar-refractivity contribution in [1.29, 1.82) is 0 Å². The first-order valence-corrected chi connectivity index (χ1v) is 13.7. The van der Waals surface area contributed by atoms with Crippen molar-refractivity contribution < 1.29 is 9.50 Å². The van der Waals surface area contributed by atoms with Gasteiger partial charge in [0, 0.05) is 31.4 Å². The number of hydrogen-bond donors (Lipinski definition) is 3. The minimum Gasteiger partial charge on any atom is -0.393 e. The van der Waals surface area contributed by atoms with Crippen molar-refractivity contribution in [2.75, 3.05) is 36.4 Å². The molecule has 2 aliphatic heterocycles. The minimum atomic E-state index is -0.332. The molecule has 0 aliphatic carbocycles. The number of nitrogens with one attached hydrogen (secondary N) is 2. The molecule has 0 amide bonds. The van der Waals surface area contributed by atoms with Gasteiger partial charge in [-0.3, -0.25) is 9.69 Å². The Kier molecular flexibility index (Phi) is 7.26. The lowest BCUT2D eigenvalue weighted by Gasteiger charge is -2.31. The molecule has 202 valence electrons. The first-order chi connectivity index (χ1) is 19.0. The summed E-state index contributed by atoms with van der Waals surface area (Å²) in [5.41, 5.74) is 3.46. The number of likely N-dealkylation sites (tertiary alicyclic amines) is 1. The Bertz CT molecular complexity index is 1510. The quantitative estimate of drug-likeness (QED) is 0.330.